The largest absolute Gasteiger partial charge is 0.389 e. The van der Waals surface area contributed by atoms with Crippen LogP contribution in [0.1, 0.15) is 11.6 Å². The predicted octanol–water partition coefficient (Wildman–Crippen LogP) is 0.931. The Labute approximate surface area is 192 Å². The van der Waals surface area contributed by atoms with Gasteiger partial charge in [0.05, 0.1) is 30.3 Å². The second kappa shape index (κ2) is 8.78. The minimum Gasteiger partial charge on any atom is -0.389 e. The molecular weight excluding hydrogens is 511 g/mol. The molecule has 1 aliphatic rings. The Morgan fingerprint density at radius 2 is 2.10 bits per heavy atom. The molecule has 3 aromatic rings. The van der Waals surface area contributed by atoms with Gasteiger partial charge < -0.3 is 25.4 Å². The van der Waals surface area contributed by atoms with E-state index < -0.39 is 36.0 Å². The molecule has 4 rings (SSSR count). The molecule has 1 aliphatic carbocycles. The van der Waals surface area contributed by atoms with Gasteiger partial charge in [-0.3, -0.25) is 4.79 Å². The summed E-state index contributed by atoms with van der Waals surface area (Å²) in [7, 11) is 1.47. The molecule has 0 saturated heterocycles. The molecule has 1 amide bonds. The number of carbonyl (C=O) groups excluding carboxylic acids is 1. The number of fused-ring (bicyclic) bond motifs is 1. The Kier molecular flexibility index (Phi) is 6.08. The van der Waals surface area contributed by atoms with Crippen LogP contribution in [0, 0.1) is 27.7 Å². The number of aromatic nitrogens is 4. The van der Waals surface area contributed by atoms with Crippen LogP contribution in [-0.2, 0) is 11.3 Å². The molecule has 0 unspecified atom stereocenters. The number of anilines is 1. The maximum atomic E-state index is 12.3. The maximum absolute atomic E-state index is 12.3. The molecule has 4 N–H and O–H groups in total. The third-order valence-corrected chi connectivity index (χ3v) is 6.26. The van der Waals surface area contributed by atoms with E-state index in [1.165, 1.54) is 19.7 Å². The number of rotatable bonds is 5. The minimum absolute atomic E-state index is 0.420. The Hall–Kier alpha value is -2.75. The average molecular weight is 532 g/mol. The highest BCUT2D eigenvalue weighted by Crippen LogP contribution is 2.42. The highest BCUT2D eigenvalue weighted by molar-refractivity contribution is 14.1. The second-order valence-corrected chi connectivity index (χ2v) is 8.58. The van der Waals surface area contributed by atoms with Crippen molar-refractivity contribution in [3.63, 3.8) is 0 Å². The number of hydrogen-bond donors (Lipinski definition) is 4. The van der Waals surface area contributed by atoms with Crippen molar-refractivity contribution in [2.75, 3.05) is 12.4 Å². The number of nitrogens with zero attached hydrogens (tertiary/aromatic N) is 4. The summed E-state index contributed by atoms with van der Waals surface area (Å²) in [6.07, 6.45) is 6.06. The first-order valence-electron chi connectivity index (χ1n) is 9.66. The van der Waals surface area contributed by atoms with Crippen LogP contribution >= 0.6 is 22.6 Å². The zero-order valence-electron chi connectivity index (χ0n) is 16.6. The minimum atomic E-state index is -1.30. The predicted molar refractivity (Wildman–Crippen MR) is 123 cm³/mol. The molecule has 31 heavy (non-hydrogen) atoms. The lowest BCUT2D eigenvalue weighted by atomic mass is 9.92. The van der Waals surface area contributed by atoms with Crippen molar-refractivity contribution in [3.05, 3.63) is 46.1 Å². The van der Waals surface area contributed by atoms with Crippen LogP contribution in [0.15, 0.2) is 36.9 Å². The van der Waals surface area contributed by atoms with E-state index in [9.17, 15) is 15.0 Å². The second-order valence-electron chi connectivity index (χ2n) is 7.33. The maximum Gasteiger partial charge on any atom is 0.226 e. The molecule has 5 atom stereocenters. The van der Waals surface area contributed by atoms with Gasteiger partial charge in [-0.05, 0) is 40.3 Å². The summed E-state index contributed by atoms with van der Waals surface area (Å²) in [5.74, 6) is 1.01. The number of aliphatic hydroxyl groups is 2. The van der Waals surface area contributed by atoms with E-state index >= 15 is 0 Å². The molecule has 1 saturated carbocycles. The van der Waals surface area contributed by atoms with Crippen LogP contribution in [0.25, 0.3) is 11.2 Å². The summed E-state index contributed by atoms with van der Waals surface area (Å²) in [5.41, 5.74) is 2.05. The number of imidazole rings is 1. The van der Waals surface area contributed by atoms with E-state index in [0.29, 0.717) is 23.5 Å². The van der Waals surface area contributed by atoms with E-state index in [2.05, 4.69) is 60.2 Å². The standard InChI is InChI=1S/C21H21IN6O3/c1-3-13-14(21(31)23-2)17(29)18(30)16(13)28-10-27-15-19(25-9-26-20(15)28)24-8-11-5-4-6-12(22)7-11/h1,4-7,9-10,13-14,16-18,29-30H,8H2,2H3,(H,23,31)(H,24,25,26)/t13-,14-,16+,17+,18-/m0/s1. The number of terminal acetylenes is 1. The van der Waals surface area contributed by atoms with Crippen molar-refractivity contribution in [1.29, 1.82) is 0 Å². The molecule has 0 bridgehead atoms. The molecule has 1 fully saturated rings. The highest BCUT2D eigenvalue weighted by atomic mass is 127. The van der Waals surface area contributed by atoms with Gasteiger partial charge >= 0.3 is 0 Å². The average Bonchev–Trinajstić information content (AvgIpc) is 3.30. The van der Waals surface area contributed by atoms with Gasteiger partial charge in [0.1, 0.15) is 17.9 Å². The zero-order valence-corrected chi connectivity index (χ0v) is 18.8. The topological polar surface area (TPSA) is 125 Å². The van der Waals surface area contributed by atoms with Crippen LogP contribution in [-0.4, -0.2) is 54.9 Å². The zero-order chi connectivity index (χ0) is 22.1. The number of amides is 1. The van der Waals surface area contributed by atoms with Crippen molar-refractivity contribution < 1.29 is 15.0 Å². The molecule has 160 valence electrons. The van der Waals surface area contributed by atoms with Gasteiger partial charge in [-0.15, -0.1) is 12.3 Å². The van der Waals surface area contributed by atoms with Crippen LogP contribution in [0.2, 0.25) is 0 Å². The lowest BCUT2D eigenvalue weighted by Gasteiger charge is -2.21. The summed E-state index contributed by atoms with van der Waals surface area (Å²) in [5, 5.41) is 27.0. The van der Waals surface area contributed by atoms with Crippen LogP contribution in [0.3, 0.4) is 0 Å². The Morgan fingerprint density at radius 3 is 2.81 bits per heavy atom. The molecule has 0 aliphatic heterocycles. The van der Waals surface area contributed by atoms with E-state index in [1.807, 2.05) is 18.2 Å². The molecule has 2 aromatic heterocycles. The first-order chi connectivity index (χ1) is 15.0. The summed E-state index contributed by atoms with van der Waals surface area (Å²) < 4.78 is 2.75. The van der Waals surface area contributed by atoms with Crippen LogP contribution in [0.5, 0.6) is 0 Å². The van der Waals surface area contributed by atoms with Gasteiger partial charge in [-0.2, -0.15) is 0 Å². The first kappa shape index (κ1) is 21.5. The first-order valence-corrected chi connectivity index (χ1v) is 10.7. The van der Waals surface area contributed by atoms with Crippen molar-refractivity contribution in [2.24, 2.45) is 11.8 Å². The van der Waals surface area contributed by atoms with Crippen molar-refractivity contribution in [3.8, 4) is 12.3 Å². The third kappa shape index (κ3) is 3.84. The van der Waals surface area contributed by atoms with Gasteiger partial charge in [0.25, 0.3) is 0 Å². The summed E-state index contributed by atoms with van der Waals surface area (Å²) in [4.78, 5) is 25.3. The van der Waals surface area contributed by atoms with E-state index in [4.69, 9.17) is 6.42 Å². The van der Waals surface area contributed by atoms with Gasteiger partial charge in [0, 0.05) is 17.2 Å². The fourth-order valence-electron chi connectivity index (χ4n) is 4.11. The lowest BCUT2D eigenvalue weighted by molar-refractivity contribution is -0.129. The van der Waals surface area contributed by atoms with Gasteiger partial charge in [-0.25, -0.2) is 15.0 Å². The highest BCUT2D eigenvalue weighted by Gasteiger charge is 2.53. The Morgan fingerprint density at radius 1 is 1.29 bits per heavy atom. The number of benzene rings is 1. The quantitative estimate of drug-likeness (QED) is 0.285. The van der Waals surface area contributed by atoms with Gasteiger partial charge in [0.2, 0.25) is 5.91 Å². The number of aliphatic hydroxyl groups excluding tert-OH is 2. The molecule has 2 heterocycles. The molecule has 0 radical (unpaired) electrons. The van der Waals surface area contributed by atoms with E-state index in [-0.39, 0.29) is 0 Å². The van der Waals surface area contributed by atoms with Crippen LogP contribution in [0.4, 0.5) is 5.82 Å². The smallest absolute Gasteiger partial charge is 0.226 e. The van der Waals surface area contributed by atoms with E-state index in [1.54, 1.807) is 4.57 Å². The summed E-state index contributed by atoms with van der Waals surface area (Å²) in [6, 6.07) is 7.32. The SMILES string of the molecule is C#C[C@H]1[C@H](C(=O)NC)[C@@H](O)[C@@H](O)[C@@H]1n1cnc2c(NCc3cccc(I)c3)ncnc21. The normalized spacial score (nSPS) is 25.3. The number of nitrogens with one attached hydrogen (secondary N) is 2. The lowest BCUT2D eigenvalue weighted by Crippen LogP contribution is -2.38. The Balaban J connectivity index is 1.67. The molecule has 1 aromatic carbocycles. The summed E-state index contributed by atoms with van der Waals surface area (Å²) >= 11 is 2.26. The number of carbonyl (C=O) groups is 1. The molecule has 0 spiro atoms. The fourth-order valence-corrected chi connectivity index (χ4v) is 4.72. The molecule has 9 nitrogen and oxygen atoms in total. The van der Waals surface area contributed by atoms with Crippen molar-refractivity contribution >= 4 is 45.5 Å². The number of halogens is 1. The van der Waals surface area contributed by atoms with Crippen molar-refractivity contribution in [1.82, 2.24) is 24.8 Å². The van der Waals surface area contributed by atoms with Gasteiger partial charge in [0.15, 0.2) is 11.5 Å². The summed E-state index contributed by atoms with van der Waals surface area (Å²) in [6.45, 7) is 0.548. The van der Waals surface area contributed by atoms with Gasteiger partial charge in [-0.1, -0.05) is 12.1 Å². The fraction of sp³-hybridized carbons (Fsp3) is 0.333. The molecule has 10 heteroatoms. The number of hydrogen-bond acceptors (Lipinski definition) is 7. The third-order valence-electron chi connectivity index (χ3n) is 5.59. The Bertz CT molecular complexity index is 1160. The molecular formula is C21H21IN6O3. The van der Waals surface area contributed by atoms with Crippen molar-refractivity contribution in [2.45, 2.75) is 24.8 Å². The van der Waals surface area contributed by atoms with Crippen LogP contribution < -0.4 is 10.6 Å². The van der Waals surface area contributed by atoms with E-state index in [0.717, 1.165) is 9.13 Å². The monoisotopic (exact) mass is 532 g/mol.